The summed E-state index contributed by atoms with van der Waals surface area (Å²) in [6, 6.07) is 12.2. The van der Waals surface area contributed by atoms with Crippen LogP contribution in [0, 0.1) is 0 Å². The van der Waals surface area contributed by atoms with Crippen molar-refractivity contribution in [2.24, 2.45) is 0 Å². The average molecular weight is 490 g/mol. The van der Waals surface area contributed by atoms with Crippen molar-refractivity contribution in [1.29, 1.82) is 0 Å². The number of aromatic hydroxyl groups is 3. The molecule has 0 spiro atoms. The molecule has 4 rings (SSSR count). The lowest BCUT2D eigenvalue weighted by atomic mass is 10.1. The number of nitrogens with one attached hydrogen (secondary N) is 3. The van der Waals surface area contributed by atoms with E-state index in [-0.39, 0.29) is 34.0 Å². The van der Waals surface area contributed by atoms with Crippen molar-refractivity contribution in [2.45, 2.75) is 0 Å². The zero-order valence-corrected chi connectivity index (χ0v) is 18.5. The number of carbonyl (C=O) groups is 3. The Labute approximate surface area is 202 Å². The lowest BCUT2D eigenvalue weighted by Crippen LogP contribution is -2.16. The lowest BCUT2D eigenvalue weighted by molar-refractivity contribution is 0.0597. The van der Waals surface area contributed by atoms with Gasteiger partial charge in [0.15, 0.2) is 0 Å². The molecular formula is C23H18N6O7. The molecule has 0 atom stereocenters. The molecule has 0 fully saturated rings. The van der Waals surface area contributed by atoms with E-state index in [4.69, 9.17) is 0 Å². The minimum Gasteiger partial charge on any atom is -0.507 e. The first-order valence-electron chi connectivity index (χ1n) is 10.2. The van der Waals surface area contributed by atoms with Crippen molar-refractivity contribution in [3.05, 3.63) is 71.3 Å². The van der Waals surface area contributed by atoms with Crippen LogP contribution in [0.15, 0.2) is 54.6 Å². The summed E-state index contributed by atoms with van der Waals surface area (Å²) in [5.41, 5.74) is 0.0545. The van der Waals surface area contributed by atoms with Gasteiger partial charge in [0.1, 0.15) is 22.8 Å². The maximum Gasteiger partial charge on any atom is 0.341 e. The molecule has 0 radical (unpaired) electrons. The summed E-state index contributed by atoms with van der Waals surface area (Å²) >= 11 is 0. The number of phenols is 3. The summed E-state index contributed by atoms with van der Waals surface area (Å²) in [6.07, 6.45) is 0. The summed E-state index contributed by atoms with van der Waals surface area (Å²) in [7, 11) is 1.13. The number of amides is 2. The van der Waals surface area contributed by atoms with Gasteiger partial charge in [-0.15, -0.1) is 10.2 Å². The molecule has 0 saturated carbocycles. The maximum absolute atomic E-state index is 12.8. The molecule has 0 aliphatic heterocycles. The van der Waals surface area contributed by atoms with Crippen molar-refractivity contribution in [1.82, 2.24) is 20.6 Å². The molecule has 0 saturated heterocycles. The molecule has 6 N–H and O–H groups in total. The number of hydrogen-bond acceptors (Lipinski definition) is 10. The Morgan fingerprint density at radius 2 is 1.50 bits per heavy atom. The number of nitrogens with zero attached hydrogens (tertiary/aromatic N) is 3. The molecule has 0 unspecified atom stereocenters. The van der Waals surface area contributed by atoms with E-state index in [1.165, 1.54) is 18.2 Å². The van der Waals surface area contributed by atoms with E-state index in [1.807, 2.05) is 0 Å². The van der Waals surface area contributed by atoms with Crippen LogP contribution < -0.4 is 10.6 Å². The molecule has 0 bridgehead atoms. The van der Waals surface area contributed by atoms with Gasteiger partial charge in [0.25, 0.3) is 11.8 Å². The van der Waals surface area contributed by atoms with Gasteiger partial charge in [0.2, 0.25) is 5.82 Å². The van der Waals surface area contributed by atoms with Gasteiger partial charge in [-0.1, -0.05) is 12.1 Å². The van der Waals surface area contributed by atoms with Crippen LogP contribution in [0.1, 0.15) is 31.1 Å². The van der Waals surface area contributed by atoms with Crippen molar-refractivity contribution < 1.29 is 34.4 Å². The second kappa shape index (κ2) is 9.80. The van der Waals surface area contributed by atoms with Gasteiger partial charge in [-0.2, -0.15) is 5.21 Å². The molecule has 1 aromatic heterocycles. The highest BCUT2D eigenvalue weighted by atomic mass is 16.5. The highest BCUT2D eigenvalue weighted by Gasteiger charge is 2.21. The Morgan fingerprint density at radius 1 is 0.833 bits per heavy atom. The van der Waals surface area contributed by atoms with Crippen molar-refractivity contribution >= 4 is 29.2 Å². The van der Waals surface area contributed by atoms with Crippen LogP contribution in [0.3, 0.4) is 0 Å². The summed E-state index contributed by atoms with van der Waals surface area (Å²) in [6.45, 7) is 0. The molecule has 4 aromatic rings. The third-order valence-corrected chi connectivity index (χ3v) is 5.02. The minimum absolute atomic E-state index is 0.108. The maximum atomic E-state index is 12.8. The van der Waals surface area contributed by atoms with Gasteiger partial charge >= 0.3 is 5.97 Å². The quantitative estimate of drug-likeness (QED) is 0.172. The SMILES string of the molecule is COC(=O)c1cc(NC(=O)c2cc(O)c(C(=O)Nc3ccccc3-c3nn[nH]n3)cc2O)ccc1O. The Morgan fingerprint density at radius 3 is 2.14 bits per heavy atom. The molecule has 13 nitrogen and oxygen atoms in total. The molecule has 182 valence electrons. The summed E-state index contributed by atoms with van der Waals surface area (Å²) < 4.78 is 4.57. The first kappa shape index (κ1) is 23.7. The Hall–Kier alpha value is -5.46. The smallest absolute Gasteiger partial charge is 0.341 e. The van der Waals surface area contributed by atoms with Crippen LogP contribution in [-0.4, -0.2) is 60.8 Å². The zero-order valence-electron chi connectivity index (χ0n) is 18.5. The number of H-pyrrole nitrogens is 1. The van der Waals surface area contributed by atoms with Crippen LogP contribution in [-0.2, 0) is 4.74 Å². The largest absolute Gasteiger partial charge is 0.507 e. The Bertz CT molecular complexity index is 1470. The predicted molar refractivity (Wildman–Crippen MR) is 125 cm³/mol. The predicted octanol–water partition coefficient (Wildman–Crippen LogP) is 2.27. The van der Waals surface area contributed by atoms with Crippen LogP contribution in [0.25, 0.3) is 11.4 Å². The third kappa shape index (κ3) is 4.75. The summed E-state index contributed by atoms with van der Waals surface area (Å²) in [5.74, 6) is -3.72. The number of aromatic amines is 1. The van der Waals surface area contributed by atoms with E-state index in [9.17, 15) is 29.7 Å². The van der Waals surface area contributed by atoms with E-state index in [0.717, 1.165) is 19.2 Å². The molecule has 36 heavy (non-hydrogen) atoms. The second-order valence-corrected chi connectivity index (χ2v) is 7.30. The Kier molecular flexibility index (Phi) is 6.45. The number of tetrazole rings is 1. The van der Waals surface area contributed by atoms with E-state index in [1.54, 1.807) is 24.3 Å². The van der Waals surface area contributed by atoms with Gasteiger partial charge < -0.3 is 30.7 Å². The van der Waals surface area contributed by atoms with E-state index in [2.05, 4.69) is 36.0 Å². The molecule has 1 heterocycles. The first-order chi connectivity index (χ1) is 17.3. The third-order valence-electron chi connectivity index (χ3n) is 5.02. The number of hydrogen-bond donors (Lipinski definition) is 6. The van der Waals surface area contributed by atoms with Gasteiger partial charge in [0, 0.05) is 11.3 Å². The number of rotatable bonds is 6. The standard InChI is InChI=1S/C23H18N6O7/c1-36-23(35)15-8-11(6-7-17(15)30)24-21(33)13-9-19(32)14(10-18(13)31)22(34)25-16-5-3-2-4-12(16)20-26-28-29-27-20/h2-10,30-32H,1H3,(H,24,33)(H,25,34)(H,26,27,28,29). The summed E-state index contributed by atoms with van der Waals surface area (Å²) in [5, 5.41) is 49.2. The molecule has 13 heteroatoms. The van der Waals surface area contributed by atoms with E-state index < -0.39 is 29.3 Å². The van der Waals surface area contributed by atoms with Gasteiger partial charge in [-0.05, 0) is 47.7 Å². The lowest BCUT2D eigenvalue weighted by Gasteiger charge is -2.13. The van der Waals surface area contributed by atoms with Crippen molar-refractivity contribution in [3.63, 3.8) is 0 Å². The molecular weight excluding hydrogens is 472 g/mol. The fourth-order valence-corrected chi connectivity index (χ4v) is 3.28. The highest BCUT2D eigenvalue weighted by Crippen LogP contribution is 2.31. The number of ether oxygens (including phenoxy) is 1. The normalized spacial score (nSPS) is 10.5. The topological polar surface area (TPSA) is 200 Å². The molecule has 0 aliphatic carbocycles. The number of para-hydroxylation sites is 1. The first-order valence-corrected chi connectivity index (χ1v) is 10.2. The van der Waals surface area contributed by atoms with Gasteiger partial charge in [0.05, 0.1) is 23.9 Å². The van der Waals surface area contributed by atoms with E-state index in [0.29, 0.717) is 11.3 Å². The molecule has 0 aliphatic rings. The number of carbonyl (C=O) groups excluding carboxylic acids is 3. The summed E-state index contributed by atoms with van der Waals surface area (Å²) in [4.78, 5) is 37.3. The number of methoxy groups -OCH3 is 1. The van der Waals surface area contributed by atoms with Crippen molar-refractivity contribution in [2.75, 3.05) is 17.7 Å². The monoisotopic (exact) mass is 490 g/mol. The molecule has 3 aromatic carbocycles. The number of benzene rings is 3. The minimum atomic E-state index is -0.848. The fourth-order valence-electron chi connectivity index (χ4n) is 3.28. The van der Waals surface area contributed by atoms with E-state index >= 15 is 0 Å². The van der Waals surface area contributed by atoms with Crippen LogP contribution >= 0.6 is 0 Å². The van der Waals surface area contributed by atoms with Crippen LogP contribution in [0.4, 0.5) is 11.4 Å². The van der Waals surface area contributed by atoms with Crippen LogP contribution in [0.5, 0.6) is 17.2 Å². The van der Waals surface area contributed by atoms with Crippen LogP contribution in [0.2, 0.25) is 0 Å². The zero-order chi connectivity index (χ0) is 25.8. The second-order valence-electron chi connectivity index (χ2n) is 7.30. The van der Waals surface area contributed by atoms with Crippen molar-refractivity contribution in [3.8, 4) is 28.6 Å². The number of esters is 1. The average Bonchev–Trinajstić information content (AvgIpc) is 3.41. The number of phenolic OH excluding ortho intramolecular Hbond substituents is 3. The Balaban J connectivity index is 1.56. The fraction of sp³-hybridized carbons (Fsp3) is 0.0435. The van der Waals surface area contributed by atoms with Gasteiger partial charge in [-0.3, -0.25) is 9.59 Å². The van der Waals surface area contributed by atoms with Gasteiger partial charge in [-0.25, -0.2) is 4.79 Å². The highest BCUT2D eigenvalue weighted by molar-refractivity contribution is 6.11. The molecule has 2 amide bonds. The number of anilines is 2. The number of aromatic nitrogens is 4.